The summed E-state index contributed by atoms with van der Waals surface area (Å²) in [6, 6.07) is 12.4. The molecule has 0 saturated carbocycles. The van der Waals surface area contributed by atoms with Gasteiger partial charge in [-0.3, -0.25) is 14.2 Å². The lowest BCUT2D eigenvalue weighted by Crippen LogP contribution is -2.42. The highest BCUT2D eigenvalue weighted by Gasteiger charge is 2.27. The Labute approximate surface area is 201 Å². The van der Waals surface area contributed by atoms with Gasteiger partial charge in [-0.15, -0.1) is 0 Å². The van der Waals surface area contributed by atoms with Crippen molar-refractivity contribution < 1.29 is 23.5 Å². The molecule has 2 heterocycles. The van der Waals surface area contributed by atoms with E-state index < -0.39 is 17.8 Å². The van der Waals surface area contributed by atoms with E-state index in [1.807, 2.05) is 0 Å². The van der Waals surface area contributed by atoms with E-state index in [2.05, 4.69) is 10.3 Å². The summed E-state index contributed by atoms with van der Waals surface area (Å²) in [5.41, 5.74) is 1.47. The number of hydrogen-bond donors (Lipinski definition) is 1. The van der Waals surface area contributed by atoms with E-state index >= 15 is 0 Å². The molecule has 0 saturated heterocycles. The van der Waals surface area contributed by atoms with Gasteiger partial charge >= 0.3 is 6.09 Å². The Balaban J connectivity index is 1.70. The Morgan fingerprint density at radius 2 is 1.94 bits per heavy atom. The number of aromatic nitrogens is 2. The summed E-state index contributed by atoms with van der Waals surface area (Å²) in [6.07, 6.45) is -0.202. The predicted molar refractivity (Wildman–Crippen MR) is 127 cm³/mol. The SMILES string of the molecule is CCOC(=O)N1CCc2c(nc(-c3ccc(F)cc3)n(CC(=O)Nc3cccc(OC)c3)c2=O)C1. The van der Waals surface area contributed by atoms with E-state index in [1.165, 1.54) is 40.8 Å². The first kappa shape index (κ1) is 23.9. The summed E-state index contributed by atoms with van der Waals surface area (Å²) in [7, 11) is 1.53. The Morgan fingerprint density at radius 3 is 2.66 bits per heavy atom. The predicted octanol–water partition coefficient (Wildman–Crippen LogP) is 3.21. The van der Waals surface area contributed by atoms with Gasteiger partial charge in [0.15, 0.2) is 0 Å². The number of anilines is 1. The first-order valence-electron chi connectivity index (χ1n) is 11.1. The van der Waals surface area contributed by atoms with Crippen LogP contribution in [-0.4, -0.2) is 46.7 Å². The third kappa shape index (κ3) is 5.32. The van der Waals surface area contributed by atoms with E-state index in [0.29, 0.717) is 34.8 Å². The van der Waals surface area contributed by atoms with Crippen molar-refractivity contribution in [2.45, 2.75) is 26.4 Å². The van der Waals surface area contributed by atoms with Gasteiger partial charge in [0.05, 0.1) is 26.0 Å². The zero-order valence-corrected chi connectivity index (χ0v) is 19.4. The average molecular weight is 480 g/mol. The fourth-order valence-electron chi connectivity index (χ4n) is 3.91. The summed E-state index contributed by atoms with van der Waals surface area (Å²) in [5.74, 6) is -0.0897. The first-order chi connectivity index (χ1) is 16.9. The van der Waals surface area contributed by atoms with Crippen molar-refractivity contribution in [3.8, 4) is 17.1 Å². The molecule has 0 atom stereocenters. The van der Waals surface area contributed by atoms with Gasteiger partial charge in [-0.1, -0.05) is 6.07 Å². The van der Waals surface area contributed by atoms with Crippen LogP contribution < -0.4 is 15.6 Å². The maximum absolute atomic E-state index is 13.6. The van der Waals surface area contributed by atoms with Crippen molar-refractivity contribution in [1.29, 1.82) is 0 Å². The second-order valence-electron chi connectivity index (χ2n) is 7.91. The number of carbonyl (C=O) groups is 2. The van der Waals surface area contributed by atoms with E-state index in [0.717, 1.165) is 0 Å². The number of hydrogen-bond acceptors (Lipinski definition) is 6. The van der Waals surface area contributed by atoms with Crippen LogP contribution in [0.2, 0.25) is 0 Å². The lowest BCUT2D eigenvalue weighted by Gasteiger charge is -2.28. The second kappa shape index (κ2) is 10.4. The lowest BCUT2D eigenvalue weighted by atomic mass is 10.1. The minimum Gasteiger partial charge on any atom is -0.497 e. The summed E-state index contributed by atoms with van der Waals surface area (Å²) >= 11 is 0. The van der Waals surface area contributed by atoms with E-state index in [1.54, 1.807) is 31.2 Å². The molecule has 1 aromatic heterocycles. The number of benzene rings is 2. The molecule has 9 nitrogen and oxygen atoms in total. The van der Waals surface area contributed by atoms with Crippen LogP contribution in [0.5, 0.6) is 5.75 Å². The molecule has 0 bridgehead atoms. The van der Waals surface area contributed by atoms with Crippen LogP contribution in [0.25, 0.3) is 11.4 Å². The molecule has 2 amide bonds. The van der Waals surface area contributed by atoms with Crippen LogP contribution in [0.15, 0.2) is 53.3 Å². The third-order valence-electron chi connectivity index (χ3n) is 5.60. The van der Waals surface area contributed by atoms with Gasteiger partial charge in [0, 0.05) is 29.4 Å². The van der Waals surface area contributed by atoms with E-state index in [9.17, 15) is 18.8 Å². The molecule has 0 aliphatic carbocycles. The largest absolute Gasteiger partial charge is 0.497 e. The Kier molecular flexibility index (Phi) is 7.09. The number of carbonyl (C=O) groups excluding carboxylic acids is 2. The van der Waals surface area contributed by atoms with Crippen molar-refractivity contribution in [3.63, 3.8) is 0 Å². The van der Waals surface area contributed by atoms with Gasteiger partial charge in [-0.2, -0.15) is 0 Å². The molecule has 0 radical (unpaired) electrons. The van der Waals surface area contributed by atoms with Crippen molar-refractivity contribution in [1.82, 2.24) is 14.5 Å². The molecular weight excluding hydrogens is 455 g/mol. The van der Waals surface area contributed by atoms with Gasteiger partial charge in [0.2, 0.25) is 5.91 Å². The van der Waals surface area contributed by atoms with Gasteiger partial charge in [0.1, 0.15) is 23.9 Å². The summed E-state index contributed by atoms with van der Waals surface area (Å²) < 4.78 is 25.1. The molecule has 0 spiro atoms. The quantitative estimate of drug-likeness (QED) is 0.581. The zero-order chi connectivity index (χ0) is 24.9. The maximum Gasteiger partial charge on any atom is 0.410 e. The van der Waals surface area contributed by atoms with Crippen molar-refractivity contribution >= 4 is 17.7 Å². The zero-order valence-electron chi connectivity index (χ0n) is 19.4. The highest BCUT2D eigenvalue weighted by Crippen LogP contribution is 2.22. The van der Waals surface area contributed by atoms with Gasteiger partial charge in [-0.25, -0.2) is 14.2 Å². The van der Waals surface area contributed by atoms with Crippen LogP contribution in [0.3, 0.4) is 0 Å². The molecule has 1 aliphatic heterocycles. The molecule has 182 valence electrons. The maximum atomic E-state index is 13.6. The third-order valence-corrected chi connectivity index (χ3v) is 5.60. The Morgan fingerprint density at radius 1 is 1.17 bits per heavy atom. The molecule has 2 aromatic carbocycles. The van der Waals surface area contributed by atoms with Gasteiger partial charge in [-0.05, 0) is 49.7 Å². The summed E-state index contributed by atoms with van der Waals surface area (Å²) in [4.78, 5) is 44.7. The number of nitrogens with one attached hydrogen (secondary N) is 1. The second-order valence-corrected chi connectivity index (χ2v) is 7.91. The number of rotatable bonds is 6. The monoisotopic (exact) mass is 480 g/mol. The number of amides is 2. The van der Waals surface area contributed by atoms with Gasteiger partial charge in [0.25, 0.3) is 5.56 Å². The first-order valence-corrected chi connectivity index (χ1v) is 11.1. The highest BCUT2D eigenvalue weighted by molar-refractivity contribution is 5.91. The van der Waals surface area contributed by atoms with Gasteiger partial charge < -0.3 is 19.7 Å². The van der Waals surface area contributed by atoms with Crippen LogP contribution in [0.4, 0.5) is 14.9 Å². The molecule has 35 heavy (non-hydrogen) atoms. The summed E-state index contributed by atoms with van der Waals surface area (Å²) in [5, 5.41) is 2.76. The van der Waals surface area contributed by atoms with E-state index in [-0.39, 0.29) is 37.5 Å². The summed E-state index contributed by atoms with van der Waals surface area (Å²) in [6.45, 7) is 2.06. The fourth-order valence-corrected chi connectivity index (χ4v) is 3.91. The van der Waals surface area contributed by atoms with E-state index in [4.69, 9.17) is 9.47 Å². The smallest absolute Gasteiger partial charge is 0.410 e. The number of halogens is 1. The highest BCUT2D eigenvalue weighted by atomic mass is 19.1. The van der Waals surface area contributed by atoms with Crippen LogP contribution in [0.1, 0.15) is 18.2 Å². The Hall–Kier alpha value is -4.21. The van der Waals surface area contributed by atoms with Crippen LogP contribution in [-0.2, 0) is 29.0 Å². The molecule has 1 N–H and O–H groups in total. The number of methoxy groups -OCH3 is 1. The van der Waals surface area contributed by atoms with Crippen molar-refractivity contribution in [2.75, 3.05) is 25.6 Å². The average Bonchev–Trinajstić information content (AvgIpc) is 2.86. The molecule has 4 rings (SSSR count). The van der Waals surface area contributed by atoms with Crippen molar-refractivity contribution in [2.24, 2.45) is 0 Å². The lowest BCUT2D eigenvalue weighted by molar-refractivity contribution is -0.116. The minimum absolute atomic E-state index is 0.106. The van der Waals surface area contributed by atoms with Crippen LogP contribution >= 0.6 is 0 Å². The number of ether oxygens (including phenoxy) is 2. The standard InChI is InChI=1S/C25H25FN4O5/c1-3-35-25(33)29-12-11-20-21(14-29)28-23(16-7-9-17(26)10-8-16)30(24(20)32)15-22(31)27-18-5-4-6-19(13-18)34-2/h4-10,13H,3,11-12,14-15H2,1-2H3,(H,27,31). The molecule has 10 heteroatoms. The fraction of sp³-hybridized carbons (Fsp3) is 0.280. The normalized spacial score (nSPS) is 12.6. The van der Waals surface area contributed by atoms with Crippen molar-refractivity contribution in [3.05, 3.63) is 76.0 Å². The molecule has 3 aromatic rings. The molecular formula is C25H25FN4O5. The molecule has 0 fully saturated rings. The van der Waals surface area contributed by atoms with Crippen LogP contribution in [0, 0.1) is 5.82 Å². The minimum atomic E-state index is -0.481. The molecule has 0 unspecified atom stereocenters. The molecule has 1 aliphatic rings. The number of nitrogens with zero attached hydrogens (tertiary/aromatic N) is 3. The Bertz CT molecular complexity index is 1310. The number of fused-ring (bicyclic) bond motifs is 1. The topological polar surface area (TPSA) is 103 Å².